The molecule has 3 N–H and O–H groups in total. The molecule has 2 aromatic rings. The summed E-state index contributed by atoms with van der Waals surface area (Å²) >= 11 is 0. The third kappa shape index (κ3) is 12.8. The number of carbonyl (C=O) groups excluding carboxylic acids is 3. The van der Waals surface area contributed by atoms with Crippen molar-refractivity contribution in [2.75, 3.05) is 13.2 Å². The Bertz CT molecular complexity index is 1070. The molecule has 0 bridgehead atoms. The number of esters is 1. The highest BCUT2D eigenvalue weighted by Gasteiger charge is 2.24. The molecule has 2 amide bonds. The van der Waals surface area contributed by atoms with Gasteiger partial charge in [0.15, 0.2) is 0 Å². The number of allylic oxidation sites excluding steroid dienone is 2. The van der Waals surface area contributed by atoms with E-state index < -0.39 is 18.0 Å². The average Bonchev–Trinajstić information content (AvgIpc) is 2.95. The van der Waals surface area contributed by atoms with Crippen LogP contribution in [0.15, 0.2) is 79.9 Å². The summed E-state index contributed by atoms with van der Waals surface area (Å²) in [6, 6.07) is 16.5. The number of nitrogens with one attached hydrogen (secondary N) is 2. The Kier molecular flexibility index (Phi) is 14.9. The number of carbonyl (C=O) groups is 3. The normalized spacial score (nSPS) is 12.8. The Morgan fingerprint density at radius 2 is 1.70 bits per heavy atom. The molecule has 8 heteroatoms. The molecule has 0 heterocycles. The van der Waals surface area contributed by atoms with Gasteiger partial charge in [-0.25, -0.2) is 0 Å². The van der Waals surface area contributed by atoms with E-state index in [1.165, 1.54) is 0 Å². The molecule has 0 unspecified atom stereocenters. The van der Waals surface area contributed by atoms with Gasteiger partial charge in [-0.3, -0.25) is 14.4 Å². The van der Waals surface area contributed by atoms with Crippen LogP contribution in [0.3, 0.4) is 0 Å². The van der Waals surface area contributed by atoms with E-state index >= 15 is 0 Å². The number of unbranched alkanes of at least 4 members (excludes halogenated alkanes) is 1. The molecule has 0 radical (unpaired) electrons. The van der Waals surface area contributed by atoms with Crippen molar-refractivity contribution in [3.8, 4) is 5.75 Å². The van der Waals surface area contributed by atoms with E-state index in [9.17, 15) is 19.5 Å². The van der Waals surface area contributed by atoms with E-state index in [1.807, 2.05) is 54.6 Å². The van der Waals surface area contributed by atoms with E-state index in [0.717, 1.165) is 23.3 Å². The molecular weight excluding hydrogens is 508 g/mol. The van der Waals surface area contributed by atoms with Gasteiger partial charge in [0, 0.05) is 12.8 Å². The van der Waals surface area contributed by atoms with Crippen molar-refractivity contribution in [3.05, 3.63) is 91.0 Å². The zero-order valence-corrected chi connectivity index (χ0v) is 23.3. The first-order chi connectivity index (χ1) is 19.3. The van der Waals surface area contributed by atoms with Crippen molar-refractivity contribution >= 4 is 17.8 Å². The fourth-order valence-electron chi connectivity index (χ4n) is 3.99. The summed E-state index contributed by atoms with van der Waals surface area (Å²) in [5.41, 5.74) is 2.01. The van der Waals surface area contributed by atoms with E-state index in [2.05, 4.69) is 23.8 Å². The monoisotopic (exact) mass is 550 g/mol. The molecule has 8 nitrogen and oxygen atoms in total. The van der Waals surface area contributed by atoms with Crippen LogP contribution in [0.2, 0.25) is 0 Å². The Morgan fingerprint density at radius 3 is 2.35 bits per heavy atom. The number of hydrogen-bond acceptors (Lipinski definition) is 6. The van der Waals surface area contributed by atoms with Crippen molar-refractivity contribution in [3.63, 3.8) is 0 Å². The second kappa shape index (κ2) is 18.4. The predicted molar refractivity (Wildman–Crippen MR) is 155 cm³/mol. The van der Waals surface area contributed by atoms with Crippen molar-refractivity contribution in [1.29, 1.82) is 0 Å². The van der Waals surface area contributed by atoms with E-state index in [0.29, 0.717) is 32.3 Å². The second-order valence-corrected chi connectivity index (χ2v) is 9.77. The molecule has 0 aliphatic rings. The highest BCUT2D eigenvalue weighted by molar-refractivity contribution is 5.86. The molecule has 216 valence electrons. The predicted octanol–water partition coefficient (Wildman–Crippen LogP) is 4.27. The quantitative estimate of drug-likeness (QED) is 0.137. The zero-order chi connectivity index (χ0) is 29.2. The number of aliphatic hydroxyl groups excluding tert-OH is 1. The molecular formula is C32H42N2O6. The van der Waals surface area contributed by atoms with Crippen LogP contribution in [0, 0.1) is 5.92 Å². The van der Waals surface area contributed by atoms with Gasteiger partial charge in [-0.1, -0.05) is 54.6 Å². The van der Waals surface area contributed by atoms with Crippen LogP contribution in [-0.2, 0) is 32.1 Å². The zero-order valence-electron chi connectivity index (χ0n) is 23.3. The first kappa shape index (κ1) is 32.3. The van der Waals surface area contributed by atoms with Crippen molar-refractivity contribution in [2.24, 2.45) is 5.92 Å². The van der Waals surface area contributed by atoms with Gasteiger partial charge in [-0.05, 0) is 55.9 Å². The number of rotatable bonds is 19. The molecule has 0 saturated carbocycles. The van der Waals surface area contributed by atoms with Crippen LogP contribution in [0.25, 0.3) is 0 Å². The summed E-state index contributed by atoms with van der Waals surface area (Å²) in [5, 5.41) is 15.5. The van der Waals surface area contributed by atoms with Gasteiger partial charge in [-0.15, -0.1) is 13.2 Å². The average molecular weight is 551 g/mol. The van der Waals surface area contributed by atoms with Crippen LogP contribution in [0.1, 0.15) is 50.2 Å². The summed E-state index contributed by atoms with van der Waals surface area (Å²) in [6.07, 6.45) is 5.71. The van der Waals surface area contributed by atoms with E-state index in [4.69, 9.17) is 9.47 Å². The molecule has 0 aliphatic heterocycles. The SMILES string of the molecule is C=CCCCC(=O)OC[C@H](C)NC(=O)[C@H](CC=C)CC(=O)N[C@H](CO)Cc1ccc(OCc2ccccc2)cc1. The first-order valence-corrected chi connectivity index (χ1v) is 13.7. The number of amides is 2. The van der Waals surface area contributed by atoms with Gasteiger partial charge in [0.25, 0.3) is 0 Å². The van der Waals surface area contributed by atoms with Gasteiger partial charge in [0.2, 0.25) is 11.8 Å². The third-order valence-corrected chi connectivity index (χ3v) is 6.17. The summed E-state index contributed by atoms with van der Waals surface area (Å²) < 4.78 is 11.0. The highest BCUT2D eigenvalue weighted by atomic mass is 16.5. The lowest BCUT2D eigenvalue weighted by Crippen LogP contribution is -2.44. The van der Waals surface area contributed by atoms with Gasteiger partial charge < -0.3 is 25.2 Å². The lowest BCUT2D eigenvalue weighted by molar-refractivity contribution is -0.145. The Labute approximate surface area is 237 Å². The van der Waals surface area contributed by atoms with Crippen molar-refractivity contribution < 1.29 is 29.0 Å². The van der Waals surface area contributed by atoms with Gasteiger partial charge in [0.05, 0.1) is 24.6 Å². The molecule has 3 atom stereocenters. The van der Waals surface area contributed by atoms with Crippen LogP contribution in [0.5, 0.6) is 5.75 Å². The molecule has 0 aromatic heterocycles. The minimum atomic E-state index is -0.636. The number of benzene rings is 2. The highest BCUT2D eigenvalue weighted by Crippen LogP contribution is 2.16. The Balaban J connectivity index is 1.81. The van der Waals surface area contributed by atoms with Gasteiger partial charge in [-0.2, -0.15) is 0 Å². The molecule has 40 heavy (non-hydrogen) atoms. The topological polar surface area (TPSA) is 114 Å². The minimum Gasteiger partial charge on any atom is -0.489 e. The maximum absolute atomic E-state index is 12.8. The largest absolute Gasteiger partial charge is 0.489 e. The third-order valence-electron chi connectivity index (χ3n) is 6.17. The fourth-order valence-corrected chi connectivity index (χ4v) is 3.99. The smallest absolute Gasteiger partial charge is 0.305 e. The Morgan fingerprint density at radius 1 is 0.975 bits per heavy atom. The minimum absolute atomic E-state index is 0.0499. The maximum atomic E-state index is 12.8. The van der Waals surface area contributed by atoms with Gasteiger partial charge >= 0.3 is 5.97 Å². The molecule has 0 fully saturated rings. The summed E-state index contributed by atoms with van der Waals surface area (Å²) in [5.74, 6) is -0.896. The Hall–Kier alpha value is -3.91. The van der Waals surface area contributed by atoms with Crippen LogP contribution in [-0.4, -0.2) is 48.2 Å². The fraction of sp³-hybridized carbons (Fsp3) is 0.406. The van der Waals surface area contributed by atoms with Crippen LogP contribution >= 0.6 is 0 Å². The number of aliphatic hydroxyl groups is 1. The lowest BCUT2D eigenvalue weighted by Gasteiger charge is -2.21. The molecule has 0 spiro atoms. The molecule has 2 rings (SSSR count). The first-order valence-electron chi connectivity index (χ1n) is 13.7. The van der Waals surface area contributed by atoms with Crippen LogP contribution in [0.4, 0.5) is 0 Å². The molecule has 0 saturated heterocycles. The summed E-state index contributed by atoms with van der Waals surface area (Å²) in [4.78, 5) is 37.4. The van der Waals surface area contributed by atoms with Crippen molar-refractivity contribution in [2.45, 2.75) is 64.1 Å². The van der Waals surface area contributed by atoms with E-state index in [-0.39, 0.29) is 37.4 Å². The standard InChI is InChI=1S/C32H42N2O6/c1-4-6-8-14-31(37)40-22-24(3)33-32(38)27(11-5-2)20-30(36)34-28(21-35)19-25-15-17-29(18-16-25)39-23-26-12-9-7-10-13-26/h4-5,7,9-10,12-13,15-18,24,27-28,35H,1-2,6,8,11,14,19-23H2,3H3,(H,33,38)(H,34,36)/t24-,27+,28-/m0/s1. The second-order valence-electron chi connectivity index (χ2n) is 9.77. The molecule has 0 aliphatic carbocycles. The summed E-state index contributed by atoms with van der Waals surface area (Å²) in [7, 11) is 0. The maximum Gasteiger partial charge on any atom is 0.305 e. The van der Waals surface area contributed by atoms with Crippen LogP contribution < -0.4 is 15.4 Å². The number of ether oxygens (including phenoxy) is 2. The van der Waals surface area contributed by atoms with E-state index in [1.54, 1.807) is 19.1 Å². The van der Waals surface area contributed by atoms with Crippen molar-refractivity contribution in [1.82, 2.24) is 10.6 Å². The molecule has 2 aromatic carbocycles. The summed E-state index contributed by atoms with van der Waals surface area (Å²) in [6.45, 7) is 9.33. The lowest BCUT2D eigenvalue weighted by atomic mass is 9.98. The van der Waals surface area contributed by atoms with Gasteiger partial charge in [0.1, 0.15) is 19.0 Å². The number of hydrogen-bond donors (Lipinski definition) is 3.